The van der Waals surface area contributed by atoms with Crippen LogP contribution in [0.5, 0.6) is 5.75 Å². The summed E-state index contributed by atoms with van der Waals surface area (Å²) in [5.41, 5.74) is 7.24. The summed E-state index contributed by atoms with van der Waals surface area (Å²) < 4.78 is 37.6. The van der Waals surface area contributed by atoms with Gasteiger partial charge in [0.25, 0.3) is 0 Å². The zero-order valence-electron chi connectivity index (χ0n) is 20.7. The number of hydrogen-bond acceptors (Lipinski definition) is 8. The van der Waals surface area contributed by atoms with Crippen molar-refractivity contribution in [2.24, 2.45) is 0 Å². The van der Waals surface area contributed by atoms with Gasteiger partial charge in [-0.1, -0.05) is 0 Å². The highest BCUT2D eigenvalue weighted by Gasteiger charge is 2.25. The molecule has 0 bridgehead atoms. The highest BCUT2D eigenvalue weighted by Crippen LogP contribution is 2.28. The summed E-state index contributed by atoms with van der Waals surface area (Å²) in [5.74, 6) is -0.391. The van der Waals surface area contributed by atoms with Crippen LogP contribution in [-0.4, -0.2) is 58.1 Å². The van der Waals surface area contributed by atoms with Gasteiger partial charge in [-0.2, -0.15) is 0 Å². The Morgan fingerprint density at radius 1 is 1.11 bits per heavy atom. The highest BCUT2D eigenvalue weighted by molar-refractivity contribution is 5.79. The van der Waals surface area contributed by atoms with Crippen molar-refractivity contribution < 1.29 is 23.4 Å². The lowest BCUT2D eigenvalue weighted by molar-refractivity contribution is 0.0800. The molecule has 194 valence electrons. The van der Waals surface area contributed by atoms with Gasteiger partial charge in [-0.05, 0) is 44.9 Å². The van der Waals surface area contributed by atoms with Gasteiger partial charge in [-0.25, -0.2) is 18.7 Å². The summed E-state index contributed by atoms with van der Waals surface area (Å²) in [6, 6.07) is 5.12. The molecule has 2 saturated heterocycles. The summed E-state index contributed by atoms with van der Waals surface area (Å²) in [5, 5.41) is 10.0. The van der Waals surface area contributed by atoms with Gasteiger partial charge in [0, 0.05) is 57.3 Å². The Bertz CT molecular complexity index is 1170. The van der Waals surface area contributed by atoms with E-state index in [0.717, 1.165) is 25.0 Å². The third-order valence-electron chi connectivity index (χ3n) is 5.98. The average Bonchev–Trinajstić information content (AvgIpc) is 3.41. The van der Waals surface area contributed by atoms with Gasteiger partial charge in [0.2, 0.25) is 0 Å². The molecule has 3 aromatic rings. The number of ether oxygens (including phenoxy) is 2. The van der Waals surface area contributed by atoms with Crippen molar-refractivity contribution in [1.82, 2.24) is 15.0 Å². The monoisotopic (exact) mass is 501 g/mol. The number of halogens is 2. The van der Waals surface area contributed by atoms with E-state index in [2.05, 4.69) is 9.97 Å². The Hall–Kier alpha value is -3.11. The molecule has 10 heteroatoms. The minimum Gasteiger partial charge on any atom is -0.487 e. The zero-order chi connectivity index (χ0) is 25.7. The molecule has 2 aromatic heterocycles. The molecule has 0 radical (unpaired) electrons. The van der Waals surface area contributed by atoms with Crippen molar-refractivity contribution in [3.05, 3.63) is 47.8 Å². The van der Waals surface area contributed by atoms with Crippen molar-refractivity contribution in [2.75, 3.05) is 36.9 Å². The first-order valence-electron chi connectivity index (χ1n) is 12.3. The first kappa shape index (κ1) is 26.0. The van der Waals surface area contributed by atoms with E-state index in [1.165, 1.54) is 25.0 Å². The number of nitrogens with zero attached hydrogens (tertiary/aromatic N) is 4. The largest absolute Gasteiger partial charge is 0.487 e. The van der Waals surface area contributed by atoms with Crippen molar-refractivity contribution in [1.29, 1.82) is 0 Å². The fourth-order valence-corrected chi connectivity index (χ4v) is 4.22. The quantitative estimate of drug-likeness (QED) is 0.540. The van der Waals surface area contributed by atoms with Crippen molar-refractivity contribution in [2.45, 2.75) is 57.7 Å². The predicted octanol–water partition coefficient (Wildman–Crippen LogP) is 4.04. The molecule has 0 aliphatic carbocycles. The Kier molecular flexibility index (Phi) is 8.15. The lowest BCUT2D eigenvalue weighted by atomic mass is 10.0. The number of aromatic nitrogens is 3. The Morgan fingerprint density at radius 3 is 2.44 bits per heavy atom. The molecular formula is C26H33F2N5O3. The third kappa shape index (κ3) is 6.98. The number of fused-ring (bicyclic) bond motifs is 1. The van der Waals surface area contributed by atoms with E-state index in [4.69, 9.17) is 20.2 Å². The molecule has 2 fully saturated rings. The standard InChI is InChI=1S/C22H25F2N5O2.C4H8O/c1-22(2,30)11-14-10-17-18(12-26-14)27-20(25)21(28-17)29-7-5-15(6-8-29)31-19-4-3-13(23)9-16(19)24;1-2-4-5-3-1/h3-4,9-10,12,15,30H,5-8,11H2,1-2H3,(H2,25,27);1-4H2. The van der Waals surface area contributed by atoms with Gasteiger partial charge < -0.3 is 25.2 Å². The molecule has 0 atom stereocenters. The number of aliphatic hydroxyl groups is 1. The maximum Gasteiger partial charge on any atom is 0.172 e. The number of pyridine rings is 1. The molecule has 0 saturated carbocycles. The number of piperidine rings is 1. The van der Waals surface area contributed by atoms with Crippen LogP contribution in [0.2, 0.25) is 0 Å². The molecular weight excluding hydrogens is 468 g/mol. The zero-order valence-corrected chi connectivity index (χ0v) is 20.7. The summed E-state index contributed by atoms with van der Waals surface area (Å²) in [7, 11) is 0. The molecule has 3 N–H and O–H groups in total. The Labute approximate surface area is 209 Å². The van der Waals surface area contributed by atoms with Gasteiger partial charge >= 0.3 is 0 Å². The number of hydrogen-bond donors (Lipinski definition) is 2. The van der Waals surface area contributed by atoms with Gasteiger partial charge in [0.1, 0.15) is 17.4 Å². The van der Waals surface area contributed by atoms with Crippen LogP contribution in [0.1, 0.15) is 45.2 Å². The molecule has 5 rings (SSSR count). The fourth-order valence-electron chi connectivity index (χ4n) is 4.22. The van der Waals surface area contributed by atoms with Crippen molar-refractivity contribution >= 4 is 22.7 Å². The van der Waals surface area contributed by atoms with Gasteiger partial charge in [0.15, 0.2) is 23.2 Å². The van der Waals surface area contributed by atoms with Crippen LogP contribution in [0.4, 0.5) is 20.4 Å². The second kappa shape index (κ2) is 11.3. The van der Waals surface area contributed by atoms with Crippen LogP contribution in [0, 0.1) is 11.6 Å². The van der Waals surface area contributed by atoms with Crippen LogP contribution >= 0.6 is 0 Å². The second-order valence-electron chi connectivity index (χ2n) is 9.78. The number of nitrogen functional groups attached to an aromatic ring is 1. The normalized spacial score (nSPS) is 16.6. The van der Waals surface area contributed by atoms with Crippen LogP contribution in [0.15, 0.2) is 30.5 Å². The minimum absolute atomic E-state index is 0.0525. The maximum absolute atomic E-state index is 13.9. The number of rotatable bonds is 5. The molecule has 2 aliphatic heterocycles. The smallest absolute Gasteiger partial charge is 0.172 e. The van der Waals surface area contributed by atoms with E-state index in [9.17, 15) is 13.9 Å². The summed E-state index contributed by atoms with van der Waals surface area (Å²) >= 11 is 0. The molecule has 0 amide bonds. The first-order valence-corrected chi connectivity index (χ1v) is 12.3. The van der Waals surface area contributed by atoms with Gasteiger partial charge in [0.05, 0.1) is 17.3 Å². The molecule has 0 unspecified atom stereocenters. The number of benzene rings is 1. The van der Waals surface area contributed by atoms with E-state index >= 15 is 0 Å². The SMILES string of the molecule is C1CCOC1.CC(C)(O)Cc1cc2nc(N3CCC(Oc4ccc(F)cc4F)CC3)c(N)nc2cn1. The Balaban J connectivity index is 0.000000543. The summed E-state index contributed by atoms with van der Waals surface area (Å²) in [4.78, 5) is 15.5. The predicted molar refractivity (Wildman–Crippen MR) is 134 cm³/mol. The molecule has 2 aliphatic rings. The van der Waals surface area contributed by atoms with Gasteiger partial charge in [-0.15, -0.1) is 0 Å². The van der Waals surface area contributed by atoms with Crippen LogP contribution in [-0.2, 0) is 11.2 Å². The lowest BCUT2D eigenvalue weighted by Gasteiger charge is -2.33. The highest BCUT2D eigenvalue weighted by atomic mass is 19.1. The molecule has 4 heterocycles. The van der Waals surface area contributed by atoms with Crippen LogP contribution < -0.4 is 15.4 Å². The Morgan fingerprint density at radius 2 is 1.83 bits per heavy atom. The van der Waals surface area contributed by atoms with E-state index in [1.807, 2.05) is 11.0 Å². The third-order valence-corrected chi connectivity index (χ3v) is 5.98. The molecule has 0 spiro atoms. The number of nitrogens with two attached hydrogens (primary N) is 1. The summed E-state index contributed by atoms with van der Waals surface area (Å²) in [6.07, 6.45) is 5.65. The molecule has 36 heavy (non-hydrogen) atoms. The van der Waals surface area contributed by atoms with E-state index in [0.29, 0.717) is 55.0 Å². The maximum atomic E-state index is 13.9. The first-order chi connectivity index (χ1) is 17.2. The van der Waals surface area contributed by atoms with E-state index in [1.54, 1.807) is 20.0 Å². The fraction of sp³-hybridized carbons (Fsp3) is 0.500. The van der Waals surface area contributed by atoms with Gasteiger partial charge in [-0.3, -0.25) is 4.98 Å². The van der Waals surface area contributed by atoms with Crippen molar-refractivity contribution in [3.8, 4) is 5.75 Å². The topological polar surface area (TPSA) is 107 Å². The van der Waals surface area contributed by atoms with Crippen molar-refractivity contribution in [3.63, 3.8) is 0 Å². The van der Waals surface area contributed by atoms with E-state index in [-0.39, 0.29) is 11.9 Å². The summed E-state index contributed by atoms with van der Waals surface area (Å²) in [6.45, 7) is 6.67. The van der Waals surface area contributed by atoms with Crippen LogP contribution in [0.3, 0.4) is 0 Å². The average molecular weight is 502 g/mol. The molecule has 1 aromatic carbocycles. The number of anilines is 2. The second-order valence-corrected chi connectivity index (χ2v) is 9.78. The van der Waals surface area contributed by atoms with Crippen LogP contribution in [0.25, 0.3) is 11.0 Å². The van der Waals surface area contributed by atoms with E-state index < -0.39 is 17.2 Å². The molecule has 8 nitrogen and oxygen atoms in total. The lowest BCUT2D eigenvalue weighted by Crippen LogP contribution is -2.39. The minimum atomic E-state index is -0.878.